The second kappa shape index (κ2) is 8.94. The van der Waals surface area contributed by atoms with Crippen LogP contribution in [0.15, 0.2) is 36.7 Å². The van der Waals surface area contributed by atoms with Crippen molar-refractivity contribution < 1.29 is 4.79 Å². The maximum absolute atomic E-state index is 12.9. The van der Waals surface area contributed by atoms with Crippen molar-refractivity contribution in [2.45, 2.75) is 18.9 Å². The Labute approximate surface area is 176 Å². The topological polar surface area (TPSA) is 76.8 Å². The molecule has 1 aliphatic rings. The fourth-order valence-corrected chi connectivity index (χ4v) is 3.87. The molecule has 0 spiro atoms. The van der Waals surface area contributed by atoms with Gasteiger partial charge in [0, 0.05) is 39.3 Å². The number of imidazole rings is 1. The van der Waals surface area contributed by atoms with E-state index in [1.54, 1.807) is 4.68 Å². The van der Waals surface area contributed by atoms with Crippen molar-refractivity contribution in [2.24, 2.45) is 20.0 Å². The van der Waals surface area contributed by atoms with Crippen LogP contribution in [0.25, 0.3) is 11.0 Å². The van der Waals surface area contributed by atoms with E-state index in [-0.39, 0.29) is 48.6 Å². The number of aryl methyl sites for hydroxylation is 2. The van der Waals surface area contributed by atoms with Gasteiger partial charge in [0.2, 0.25) is 5.91 Å². The molecule has 152 valence electrons. The van der Waals surface area contributed by atoms with Gasteiger partial charge >= 0.3 is 0 Å². The Bertz CT molecular complexity index is 953. The minimum absolute atomic E-state index is 0. The van der Waals surface area contributed by atoms with Crippen LogP contribution in [0.1, 0.15) is 30.3 Å². The van der Waals surface area contributed by atoms with E-state index in [0.717, 1.165) is 29.0 Å². The molecule has 3 aromatic rings. The van der Waals surface area contributed by atoms with E-state index in [1.807, 2.05) is 62.2 Å². The zero-order valence-corrected chi connectivity index (χ0v) is 17.8. The molecule has 7 nitrogen and oxygen atoms in total. The molecule has 2 N–H and O–H groups in total. The molecule has 0 saturated carbocycles. The van der Waals surface area contributed by atoms with Gasteiger partial charge in [0.15, 0.2) is 0 Å². The number of nitrogens with one attached hydrogen (secondary N) is 2. The van der Waals surface area contributed by atoms with Gasteiger partial charge in [-0.3, -0.25) is 9.48 Å². The van der Waals surface area contributed by atoms with Crippen molar-refractivity contribution in [3.63, 3.8) is 0 Å². The van der Waals surface area contributed by atoms with E-state index in [2.05, 4.69) is 15.7 Å². The molecule has 1 aromatic carbocycles. The molecule has 28 heavy (non-hydrogen) atoms. The fraction of sp³-hybridized carbons (Fsp3) is 0.421. The van der Waals surface area contributed by atoms with Gasteiger partial charge in [0.1, 0.15) is 5.82 Å². The van der Waals surface area contributed by atoms with Gasteiger partial charge in [-0.25, -0.2) is 4.98 Å². The van der Waals surface area contributed by atoms with Gasteiger partial charge in [-0.15, -0.1) is 24.8 Å². The van der Waals surface area contributed by atoms with Crippen LogP contribution in [0.2, 0.25) is 0 Å². The maximum atomic E-state index is 12.9. The van der Waals surface area contributed by atoms with Crippen molar-refractivity contribution in [3.8, 4) is 0 Å². The lowest BCUT2D eigenvalue weighted by Gasteiger charge is -2.20. The number of hydrogen-bond donors (Lipinski definition) is 2. The van der Waals surface area contributed by atoms with E-state index in [1.165, 1.54) is 0 Å². The summed E-state index contributed by atoms with van der Waals surface area (Å²) in [6, 6.07) is 7.85. The summed E-state index contributed by atoms with van der Waals surface area (Å²) >= 11 is 0. The number of benzene rings is 1. The lowest BCUT2D eigenvalue weighted by Crippen LogP contribution is -2.36. The van der Waals surface area contributed by atoms with Gasteiger partial charge in [0.05, 0.1) is 29.2 Å². The van der Waals surface area contributed by atoms with Crippen molar-refractivity contribution in [3.05, 3.63) is 48.0 Å². The number of carbonyl (C=O) groups is 1. The van der Waals surface area contributed by atoms with Crippen LogP contribution in [0, 0.1) is 5.92 Å². The monoisotopic (exact) mass is 424 g/mol. The highest BCUT2D eigenvalue weighted by molar-refractivity contribution is 5.85. The molecule has 4 rings (SSSR count). The van der Waals surface area contributed by atoms with Crippen LogP contribution in [-0.4, -0.2) is 38.3 Å². The van der Waals surface area contributed by atoms with Crippen molar-refractivity contribution in [1.82, 2.24) is 30.0 Å². The van der Waals surface area contributed by atoms with Gasteiger partial charge < -0.3 is 15.2 Å². The number of fused-ring (bicyclic) bond motifs is 1. The highest BCUT2D eigenvalue weighted by Gasteiger charge is 2.35. The third-order valence-electron chi connectivity index (χ3n) is 5.27. The average Bonchev–Trinajstić information content (AvgIpc) is 3.33. The predicted octanol–water partition coefficient (Wildman–Crippen LogP) is 2.33. The summed E-state index contributed by atoms with van der Waals surface area (Å²) < 4.78 is 3.83. The lowest BCUT2D eigenvalue weighted by molar-refractivity contribution is -0.125. The number of carbonyl (C=O) groups excluding carboxylic acids is 1. The third kappa shape index (κ3) is 4.01. The number of halogens is 2. The van der Waals surface area contributed by atoms with Gasteiger partial charge in [0.25, 0.3) is 0 Å². The Kier molecular flexibility index (Phi) is 7.09. The summed E-state index contributed by atoms with van der Waals surface area (Å²) in [5.74, 6) is 0.972. The second-order valence-electron chi connectivity index (χ2n) is 7.07. The molecule has 1 aliphatic heterocycles. The summed E-state index contributed by atoms with van der Waals surface area (Å²) in [5, 5.41) is 10.7. The average molecular weight is 425 g/mol. The number of para-hydroxylation sites is 2. The van der Waals surface area contributed by atoms with Crippen molar-refractivity contribution >= 4 is 41.8 Å². The Hall–Kier alpha value is -2.09. The smallest absolute Gasteiger partial charge is 0.225 e. The number of aromatic nitrogens is 4. The molecule has 0 bridgehead atoms. The van der Waals surface area contributed by atoms with Crippen LogP contribution in [0.3, 0.4) is 0 Å². The Morgan fingerprint density at radius 3 is 2.68 bits per heavy atom. The molecule has 1 amide bonds. The largest absolute Gasteiger partial charge is 0.346 e. The van der Waals surface area contributed by atoms with E-state index in [4.69, 9.17) is 4.98 Å². The van der Waals surface area contributed by atoms with Gasteiger partial charge in [-0.1, -0.05) is 12.1 Å². The Balaban J connectivity index is 0.00000140. The summed E-state index contributed by atoms with van der Waals surface area (Å²) in [5.41, 5.74) is 3.12. The van der Waals surface area contributed by atoms with E-state index >= 15 is 0 Å². The maximum Gasteiger partial charge on any atom is 0.225 e. The molecular formula is C19H26Cl2N6O. The second-order valence-corrected chi connectivity index (χ2v) is 7.07. The highest BCUT2D eigenvalue weighted by atomic mass is 35.5. The van der Waals surface area contributed by atoms with Crippen LogP contribution in [0.4, 0.5) is 0 Å². The molecule has 0 radical (unpaired) electrons. The van der Waals surface area contributed by atoms with Crippen LogP contribution < -0.4 is 10.6 Å². The number of nitrogens with zero attached hydrogens (tertiary/aromatic N) is 4. The first kappa shape index (κ1) is 22.2. The first-order valence-corrected chi connectivity index (χ1v) is 8.95. The number of hydrogen-bond acceptors (Lipinski definition) is 4. The predicted molar refractivity (Wildman–Crippen MR) is 114 cm³/mol. The minimum Gasteiger partial charge on any atom is -0.346 e. The van der Waals surface area contributed by atoms with Crippen LogP contribution in [0.5, 0.6) is 0 Å². The Morgan fingerprint density at radius 1 is 1.25 bits per heavy atom. The minimum atomic E-state index is -0.157. The first-order chi connectivity index (χ1) is 12.5. The normalized spacial score (nSPS) is 19.7. The fourth-order valence-electron chi connectivity index (χ4n) is 3.87. The molecule has 3 heterocycles. The lowest BCUT2D eigenvalue weighted by atomic mass is 9.90. The summed E-state index contributed by atoms with van der Waals surface area (Å²) in [4.78, 5) is 17.6. The molecule has 3 atom stereocenters. The quantitative estimate of drug-likeness (QED) is 0.673. The van der Waals surface area contributed by atoms with Crippen molar-refractivity contribution in [1.29, 1.82) is 0 Å². The van der Waals surface area contributed by atoms with Crippen LogP contribution in [-0.2, 0) is 18.9 Å². The molecule has 1 fully saturated rings. The molecule has 1 saturated heterocycles. The number of rotatable bonds is 4. The molecule has 0 aliphatic carbocycles. The van der Waals surface area contributed by atoms with E-state index in [0.29, 0.717) is 6.54 Å². The zero-order chi connectivity index (χ0) is 18.3. The zero-order valence-electron chi connectivity index (χ0n) is 16.1. The van der Waals surface area contributed by atoms with E-state index in [9.17, 15) is 4.79 Å². The van der Waals surface area contributed by atoms with Crippen molar-refractivity contribution in [2.75, 3.05) is 13.1 Å². The standard InChI is InChI=1S/C19H24N6O.2ClH/c1-12(18-23-16-6-4-5-7-17(16)25(18)3)22-19(26)15-10-20-9-14(15)13-8-21-24(2)11-13;;/h4-8,11-12,14-15,20H,9-10H2,1-3H3,(H,22,26);2*1H/t12?,14-,15+;;/m1../s1. The first-order valence-electron chi connectivity index (χ1n) is 8.95. The molecule has 1 unspecified atom stereocenters. The molecular weight excluding hydrogens is 399 g/mol. The summed E-state index contributed by atoms with van der Waals surface area (Å²) in [6.45, 7) is 3.46. The highest BCUT2D eigenvalue weighted by Crippen LogP contribution is 2.29. The SMILES string of the molecule is CC(NC(=O)[C@H]1CNC[C@@H]1c1cnn(C)c1)c1nc2ccccc2n1C.Cl.Cl. The van der Waals surface area contributed by atoms with Crippen LogP contribution >= 0.6 is 24.8 Å². The number of amides is 1. The Morgan fingerprint density at radius 2 is 2.00 bits per heavy atom. The molecule has 9 heteroatoms. The summed E-state index contributed by atoms with van der Waals surface area (Å²) in [6.07, 6.45) is 3.85. The molecule has 2 aromatic heterocycles. The third-order valence-corrected chi connectivity index (χ3v) is 5.27. The van der Waals surface area contributed by atoms with Gasteiger partial charge in [-0.2, -0.15) is 5.10 Å². The van der Waals surface area contributed by atoms with Gasteiger partial charge in [-0.05, 0) is 24.6 Å². The summed E-state index contributed by atoms with van der Waals surface area (Å²) in [7, 11) is 3.89. The van der Waals surface area contributed by atoms with E-state index < -0.39 is 0 Å².